The molecule has 1 aliphatic heterocycles. The van der Waals surface area contributed by atoms with Crippen LogP contribution in [0, 0.1) is 11.8 Å². The van der Waals surface area contributed by atoms with Crippen molar-refractivity contribution >= 4 is 9.84 Å². The van der Waals surface area contributed by atoms with Crippen molar-refractivity contribution in [2.45, 2.75) is 39.5 Å². The standard InChI is InChI=1S/C13H27NO2S/c1-12(2)11-17(15,16)10-4-5-13-6-8-14(3)9-7-13/h12-13H,4-11H2,1-3H3. The summed E-state index contributed by atoms with van der Waals surface area (Å²) in [6.07, 6.45) is 4.41. The van der Waals surface area contributed by atoms with Gasteiger partial charge in [0.2, 0.25) is 0 Å². The zero-order valence-corrected chi connectivity index (χ0v) is 12.3. The fraction of sp³-hybridized carbons (Fsp3) is 1.00. The number of hydrogen-bond acceptors (Lipinski definition) is 3. The molecule has 0 radical (unpaired) electrons. The fourth-order valence-corrected chi connectivity index (χ4v) is 4.32. The molecule has 0 amide bonds. The van der Waals surface area contributed by atoms with Crippen LogP contribution in [0.3, 0.4) is 0 Å². The summed E-state index contributed by atoms with van der Waals surface area (Å²) in [5.41, 5.74) is 0. The molecule has 0 aromatic carbocycles. The third-order valence-corrected chi connectivity index (χ3v) is 5.58. The summed E-state index contributed by atoms with van der Waals surface area (Å²) in [5.74, 6) is 1.74. The molecule has 1 aliphatic rings. The lowest BCUT2D eigenvalue weighted by Crippen LogP contribution is -2.30. The van der Waals surface area contributed by atoms with Gasteiger partial charge in [-0.15, -0.1) is 0 Å². The molecule has 3 nitrogen and oxygen atoms in total. The largest absolute Gasteiger partial charge is 0.306 e. The summed E-state index contributed by atoms with van der Waals surface area (Å²) < 4.78 is 23.5. The molecule has 1 heterocycles. The Balaban J connectivity index is 2.19. The van der Waals surface area contributed by atoms with Gasteiger partial charge in [0.05, 0.1) is 11.5 Å². The first-order chi connectivity index (χ1) is 7.89. The van der Waals surface area contributed by atoms with Gasteiger partial charge in [-0.1, -0.05) is 13.8 Å². The second-order valence-electron chi connectivity index (χ2n) is 5.90. The van der Waals surface area contributed by atoms with Crippen LogP contribution in [0.4, 0.5) is 0 Å². The van der Waals surface area contributed by atoms with Gasteiger partial charge in [-0.3, -0.25) is 0 Å². The summed E-state index contributed by atoms with van der Waals surface area (Å²) in [5, 5.41) is 0. The van der Waals surface area contributed by atoms with Gasteiger partial charge in [-0.25, -0.2) is 8.42 Å². The van der Waals surface area contributed by atoms with E-state index in [2.05, 4.69) is 11.9 Å². The Kier molecular flexibility index (Phi) is 5.93. The van der Waals surface area contributed by atoms with Gasteiger partial charge < -0.3 is 4.90 Å². The van der Waals surface area contributed by atoms with E-state index >= 15 is 0 Å². The number of rotatable bonds is 6. The molecule has 0 atom stereocenters. The van der Waals surface area contributed by atoms with E-state index in [4.69, 9.17) is 0 Å². The van der Waals surface area contributed by atoms with Crippen molar-refractivity contribution in [2.75, 3.05) is 31.6 Å². The maximum atomic E-state index is 11.7. The lowest BCUT2D eigenvalue weighted by molar-refractivity contribution is 0.212. The van der Waals surface area contributed by atoms with Crippen LogP contribution in [-0.2, 0) is 9.84 Å². The minimum atomic E-state index is -2.80. The second-order valence-corrected chi connectivity index (χ2v) is 8.13. The van der Waals surface area contributed by atoms with Gasteiger partial charge in [0.1, 0.15) is 0 Å². The van der Waals surface area contributed by atoms with E-state index in [1.54, 1.807) is 0 Å². The first-order valence-electron chi connectivity index (χ1n) is 6.78. The summed E-state index contributed by atoms with van der Waals surface area (Å²) in [6.45, 7) is 6.27. The van der Waals surface area contributed by atoms with Gasteiger partial charge in [0.15, 0.2) is 9.84 Å². The van der Waals surface area contributed by atoms with Crippen molar-refractivity contribution in [1.82, 2.24) is 4.90 Å². The highest BCUT2D eigenvalue weighted by molar-refractivity contribution is 7.91. The molecule has 0 spiro atoms. The monoisotopic (exact) mass is 261 g/mol. The molecule has 0 aromatic heterocycles. The van der Waals surface area contributed by atoms with Gasteiger partial charge in [-0.05, 0) is 57.7 Å². The lowest BCUT2D eigenvalue weighted by atomic mass is 9.93. The van der Waals surface area contributed by atoms with E-state index in [-0.39, 0.29) is 5.92 Å². The Bertz CT molecular complexity index is 303. The summed E-state index contributed by atoms with van der Waals surface area (Å²) in [6, 6.07) is 0. The highest BCUT2D eigenvalue weighted by atomic mass is 32.2. The van der Waals surface area contributed by atoms with E-state index in [0.717, 1.165) is 18.8 Å². The van der Waals surface area contributed by atoms with Crippen LogP contribution in [-0.4, -0.2) is 45.0 Å². The van der Waals surface area contributed by atoms with Crippen LogP contribution in [0.1, 0.15) is 39.5 Å². The normalized spacial score (nSPS) is 20.0. The number of piperidine rings is 1. The Labute approximate surface area is 106 Å². The summed E-state index contributed by atoms with van der Waals surface area (Å²) in [4.78, 5) is 2.35. The topological polar surface area (TPSA) is 37.4 Å². The van der Waals surface area contributed by atoms with Gasteiger partial charge in [0, 0.05) is 0 Å². The van der Waals surface area contributed by atoms with Crippen molar-refractivity contribution < 1.29 is 8.42 Å². The molecule has 0 saturated carbocycles. The molecule has 1 rings (SSSR count). The maximum Gasteiger partial charge on any atom is 0.150 e. The Morgan fingerprint density at radius 2 is 1.82 bits per heavy atom. The highest BCUT2D eigenvalue weighted by Gasteiger charge is 2.18. The number of likely N-dealkylation sites (tertiary alicyclic amines) is 1. The summed E-state index contributed by atoms with van der Waals surface area (Å²) >= 11 is 0. The maximum absolute atomic E-state index is 11.7. The second kappa shape index (κ2) is 6.74. The Morgan fingerprint density at radius 3 is 2.35 bits per heavy atom. The predicted molar refractivity (Wildman–Crippen MR) is 72.9 cm³/mol. The van der Waals surface area contributed by atoms with Crippen molar-refractivity contribution in [2.24, 2.45) is 11.8 Å². The van der Waals surface area contributed by atoms with E-state index in [1.165, 1.54) is 25.9 Å². The predicted octanol–water partition coefficient (Wildman–Crippen LogP) is 2.18. The van der Waals surface area contributed by atoms with Crippen molar-refractivity contribution in [3.63, 3.8) is 0 Å². The minimum Gasteiger partial charge on any atom is -0.306 e. The first-order valence-corrected chi connectivity index (χ1v) is 8.60. The van der Waals surface area contributed by atoms with Crippen LogP contribution in [0.5, 0.6) is 0 Å². The van der Waals surface area contributed by atoms with E-state index < -0.39 is 9.84 Å². The van der Waals surface area contributed by atoms with E-state index in [1.807, 2.05) is 13.8 Å². The third kappa shape index (κ3) is 6.41. The molecular formula is C13H27NO2S. The molecule has 0 bridgehead atoms. The average Bonchev–Trinajstić information content (AvgIpc) is 2.18. The third-order valence-electron chi connectivity index (χ3n) is 3.49. The highest BCUT2D eigenvalue weighted by Crippen LogP contribution is 2.21. The quantitative estimate of drug-likeness (QED) is 0.735. The molecular weight excluding hydrogens is 234 g/mol. The van der Waals surface area contributed by atoms with Crippen LogP contribution in [0.2, 0.25) is 0 Å². The van der Waals surface area contributed by atoms with Crippen molar-refractivity contribution in [3.8, 4) is 0 Å². The summed E-state index contributed by atoms with van der Waals surface area (Å²) in [7, 11) is -0.647. The first kappa shape index (κ1) is 15.0. The van der Waals surface area contributed by atoms with Gasteiger partial charge in [0.25, 0.3) is 0 Å². The van der Waals surface area contributed by atoms with Crippen molar-refractivity contribution in [1.29, 1.82) is 0 Å². The zero-order valence-electron chi connectivity index (χ0n) is 11.5. The SMILES string of the molecule is CC(C)CS(=O)(=O)CCCC1CCN(C)CC1. The van der Waals surface area contributed by atoms with Crippen molar-refractivity contribution in [3.05, 3.63) is 0 Å². The smallest absolute Gasteiger partial charge is 0.150 e. The zero-order chi connectivity index (χ0) is 12.9. The fourth-order valence-electron chi connectivity index (χ4n) is 2.53. The number of hydrogen-bond donors (Lipinski definition) is 0. The molecule has 1 saturated heterocycles. The molecule has 0 aliphatic carbocycles. The van der Waals surface area contributed by atoms with Gasteiger partial charge in [-0.2, -0.15) is 0 Å². The van der Waals surface area contributed by atoms with Crippen LogP contribution >= 0.6 is 0 Å². The Hall–Kier alpha value is -0.0900. The average molecular weight is 261 g/mol. The number of nitrogens with zero attached hydrogens (tertiary/aromatic N) is 1. The molecule has 102 valence electrons. The molecule has 17 heavy (non-hydrogen) atoms. The van der Waals surface area contributed by atoms with E-state index in [9.17, 15) is 8.42 Å². The van der Waals surface area contributed by atoms with Crippen LogP contribution in [0.25, 0.3) is 0 Å². The molecule has 4 heteroatoms. The van der Waals surface area contributed by atoms with E-state index in [0.29, 0.717) is 11.5 Å². The number of sulfone groups is 1. The lowest BCUT2D eigenvalue weighted by Gasteiger charge is -2.28. The van der Waals surface area contributed by atoms with Crippen LogP contribution in [0.15, 0.2) is 0 Å². The van der Waals surface area contributed by atoms with Crippen LogP contribution < -0.4 is 0 Å². The molecule has 0 unspecified atom stereocenters. The minimum absolute atomic E-state index is 0.253. The molecule has 0 N–H and O–H groups in total. The Morgan fingerprint density at radius 1 is 1.24 bits per heavy atom. The molecule has 0 aromatic rings. The van der Waals surface area contributed by atoms with Gasteiger partial charge >= 0.3 is 0 Å². The molecule has 1 fully saturated rings.